The lowest BCUT2D eigenvalue weighted by molar-refractivity contribution is 1.04. The molecule has 1 aliphatic carbocycles. The summed E-state index contributed by atoms with van der Waals surface area (Å²) in [6.45, 7) is 0.824. The second-order valence-electron chi connectivity index (χ2n) is 4.96. The lowest BCUT2D eigenvalue weighted by Gasteiger charge is -2.11. The standard InChI is InChI=1S/C16H15Cl2N/c17-15-8-7-13(9-16(15)18)19-10-12-3-1-2-4-14(12)11-5-6-11/h1-4,7-9,11,19H,5-6,10H2. The zero-order chi connectivity index (χ0) is 13.2. The van der Waals surface area contributed by atoms with Crippen molar-refractivity contribution in [1.82, 2.24) is 0 Å². The van der Waals surface area contributed by atoms with Crippen LogP contribution in [0.25, 0.3) is 0 Å². The molecule has 3 heteroatoms. The molecule has 0 atom stereocenters. The highest BCUT2D eigenvalue weighted by atomic mass is 35.5. The third-order valence-electron chi connectivity index (χ3n) is 3.47. The molecule has 0 bridgehead atoms. The minimum absolute atomic E-state index is 0.585. The van der Waals surface area contributed by atoms with E-state index in [2.05, 4.69) is 29.6 Å². The van der Waals surface area contributed by atoms with Crippen molar-refractivity contribution in [2.24, 2.45) is 0 Å². The summed E-state index contributed by atoms with van der Waals surface area (Å²) in [5.74, 6) is 0.770. The van der Waals surface area contributed by atoms with Crippen LogP contribution < -0.4 is 5.32 Å². The molecule has 98 valence electrons. The largest absolute Gasteiger partial charge is 0.381 e. The molecule has 1 fully saturated rings. The Hall–Kier alpha value is -1.18. The summed E-state index contributed by atoms with van der Waals surface area (Å²) in [7, 11) is 0. The van der Waals surface area contributed by atoms with Crippen LogP contribution in [0.15, 0.2) is 42.5 Å². The van der Waals surface area contributed by atoms with Gasteiger partial charge in [0.25, 0.3) is 0 Å². The van der Waals surface area contributed by atoms with Crippen LogP contribution >= 0.6 is 23.2 Å². The van der Waals surface area contributed by atoms with Crippen LogP contribution in [-0.4, -0.2) is 0 Å². The van der Waals surface area contributed by atoms with Crippen LogP contribution in [0.3, 0.4) is 0 Å². The van der Waals surface area contributed by atoms with Crippen molar-refractivity contribution >= 4 is 28.9 Å². The van der Waals surface area contributed by atoms with Gasteiger partial charge in [-0.1, -0.05) is 47.5 Å². The number of rotatable bonds is 4. The maximum absolute atomic E-state index is 6.02. The maximum atomic E-state index is 6.02. The second kappa shape index (κ2) is 5.44. The first kappa shape index (κ1) is 12.8. The van der Waals surface area contributed by atoms with Gasteiger partial charge >= 0.3 is 0 Å². The van der Waals surface area contributed by atoms with Gasteiger partial charge in [0.1, 0.15) is 0 Å². The van der Waals surface area contributed by atoms with E-state index >= 15 is 0 Å². The zero-order valence-corrected chi connectivity index (χ0v) is 12.0. The molecule has 0 amide bonds. The number of nitrogens with one attached hydrogen (secondary N) is 1. The molecule has 1 aliphatic rings. The first-order valence-corrected chi connectivity index (χ1v) is 7.26. The Morgan fingerprint density at radius 3 is 2.53 bits per heavy atom. The van der Waals surface area contributed by atoms with Gasteiger partial charge in [-0.05, 0) is 48.1 Å². The first-order valence-electron chi connectivity index (χ1n) is 6.51. The van der Waals surface area contributed by atoms with E-state index in [1.807, 2.05) is 18.2 Å². The average molecular weight is 292 g/mol. The predicted octanol–water partition coefficient (Wildman–Crippen LogP) is 5.48. The lowest BCUT2D eigenvalue weighted by atomic mass is 10.0. The van der Waals surface area contributed by atoms with E-state index in [0.29, 0.717) is 10.0 Å². The fraction of sp³-hybridized carbons (Fsp3) is 0.250. The Balaban J connectivity index is 1.73. The molecular weight excluding hydrogens is 277 g/mol. The van der Waals surface area contributed by atoms with Crippen molar-refractivity contribution in [3.05, 3.63) is 63.6 Å². The highest BCUT2D eigenvalue weighted by Gasteiger charge is 2.25. The number of benzene rings is 2. The summed E-state index contributed by atoms with van der Waals surface area (Å²) in [6, 6.07) is 14.3. The summed E-state index contributed by atoms with van der Waals surface area (Å²) in [4.78, 5) is 0. The van der Waals surface area contributed by atoms with E-state index in [4.69, 9.17) is 23.2 Å². The summed E-state index contributed by atoms with van der Waals surface area (Å²) in [5.41, 5.74) is 3.85. The first-order chi connectivity index (χ1) is 9.24. The van der Waals surface area contributed by atoms with Gasteiger partial charge in [-0.25, -0.2) is 0 Å². The number of anilines is 1. The Labute approximate surface area is 123 Å². The van der Waals surface area contributed by atoms with Crippen LogP contribution in [0.5, 0.6) is 0 Å². The number of hydrogen-bond donors (Lipinski definition) is 1. The quantitative estimate of drug-likeness (QED) is 0.786. The van der Waals surface area contributed by atoms with Gasteiger partial charge in [0.05, 0.1) is 10.0 Å². The number of halogens is 2. The lowest BCUT2D eigenvalue weighted by Crippen LogP contribution is -2.02. The van der Waals surface area contributed by atoms with Crippen molar-refractivity contribution in [3.8, 4) is 0 Å². The monoisotopic (exact) mass is 291 g/mol. The molecule has 0 aliphatic heterocycles. The molecule has 0 spiro atoms. The van der Waals surface area contributed by atoms with E-state index < -0.39 is 0 Å². The summed E-state index contributed by atoms with van der Waals surface area (Å²) in [6.07, 6.45) is 2.65. The third kappa shape index (κ3) is 3.05. The van der Waals surface area contributed by atoms with Crippen molar-refractivity contribution < 1.29 is 0 Å². The highest BCUT2D eigenvalue weighted by Crippen LogP contribution is 2.41. The molecule has 2 aromatic carbocycles. The van der Waals surface area contributed by atoms with Gasteiger partial charge in [-0.15, -0.1) is 0 Å². The van der Waals surface area contributed by atoms with Crippen molar-refractivity contribution in [2.75, 3.05) is 5.32 Å². The van der Waals surface area contributed by atoms with Gasteiger partial charge < -0.3 is 5.32 Å². The molecule has 19 heavy (non-hydrogen) atoms. The van der Waals surface area contributed by atoms with Gasteiger partial charge in [0, 0.05) is 12.2 Å². The summed E-state index contributed by atoms with van der Waals surface area (Å²) >= 11 is 11.9. The number of hydrogen-bond acceptors (Lipinski definition) is 1. The van der Waals surface area contributed by atoms with Crippen LogP contribution in [0.2, 0.25) is 10.0 Å². The molecule has 0 heterocycles. The molecule has 0 saturated heterocycles. The van der Waals surface area contributed by atoms with E-state index in [9.17, 15) is 0 Å². The SMILES string of the molecule is Clc1ccc(NCc2ccccc2C2CC2)cc1Cl. The van der Waals surface area contributed by atoms with Gasteiger partial charge in [0.2, 0.25) is 0 Å². The molecule has 2 aromatic rings. The van der Waals surface area contributed by atoms with Crippen LogP contribution in [-0.2, 0) is 6.54 Å². The predicted molar refractivity (Wildman–Crippen MR) is 82.2 cm³/mol. The van der Waals surface area contributed by atoms with Gasteiger partial charge in [-0.2, -0.15) is 0 Å². The summed E-state index contributed by atoms with van der Waals surface area (Å²) < 4.78 is 0. The third-order valence-corrected chi connectivity index (χ3v) is 4.21. The van der Waals surface area contributed by atoms with Crippen LogP contribution in [0.1, 0.15) is 29.9 Å². The fourth-order valence-electron chi connectivity index (χ4n) is 2.29. The van der Waals surface area contributed by atoms with Crippen molar-refractivity contribution in [1.29, 1.82) is 0 Å². The smallest absolute Gasteiger partial charge is 0.0612 e. The molecule has 0 radical (unpaired) electrons. The van der Waals surface area contributed by atoms with E-state index in [0.717, 1.165) is 18.2 Å². The maximum Gasteiger partial charge on any atom is 0.0612 e. The van der Waals surface area contributed by atoms with E-state index in [1.54, 1.807) is 0 Å². The van der Waals surface area contributed by atoms with E-state index in [-0.39, 0.29) is 0 Å². The Morgan fingerprint density at radius 2 is 1.79 bits per heavy atom. The Bertz CT molecular complexity index is 591. The van der Waals surface area contributed by atoms with Crippen LogP contribution in [0, 0.1) is 0 Å². The van der Waals surface area contributed by atoms with Crippen molar-refractivity contribution in [2.45, 2.75) is 25.3 Å². The Kier molecular flexibility index (Phi) is 3.67. The fourth-order valence-corrected chi connectivity index (χ4v) is 2.59. The Morgan fingerprint density at radius 1 is 1.00 bits per heavy atom. The zero-order valence-electron chi connectivity index (χ0n) is 10.5. The van der Waals surface area contributed by atoms with Gasteiger partial charge in [-0.3, -0.25) is 0 Å². The molecule has 1 N–H and O–H groups in total. The van der Waals surface area contributed by atoms with E-state index in [1.165, 1.54) is 24.0 Å². The minimum Gasteiger partial charge on any atom is -0.381 e. The van der Waals surface area contributed by atoms with Gasteiger partial charge in [0.15, 0.2) is 0 Å². The molecule has 0 unspecified atom stereocenters. The molecule has 1 nitrogen and oxygen atoms in total. The van der Waals surface area contributed by atoms with Crippen molar-refractivity contribution in [3.63, 3.8) is 0 Å². The highest BCUT2D eigenvalue weighted by molar-refractivity contribution is 6.42. The minimum atomic E-state index is 0.585. The summed E-state index contributed by atoms with van der Waals surface area (Å²) in [5, 5.41) is 4.58. The topological polar surface area (TPSA) is 12.0 Å². The molecular formula is C16H15Cl2N. The van der Waals surface area contributed by atoms with Crippen LogP contribution in [0.4, 0.5) is 5.69 Å². The average Bonchev–Trinajstić information content (AvgIpc) is 3.25. The molecule has 1 saturated carbocycles. The second-order valence-corrected chi connectivity index (χ2v) is 5.77. The molecule has 3 rings (SSSR count). The molecule has 0 aromatic heterocycles. The normalized spacial score (nSPS) is 14.4.